The van der Waals surface area contributed by atoms with E-state index >= 15 is 0 Å². The molecule has 2 unspecified atom stereocenters. The fourth-order valence-corrected chi connectivity index (χ4v) is 4.06. The van der Waals surface area contributed by atoms with Crippen LogP contribution in [0.5, 0.6) is 0 Å². The number of hydrogen-bond donors (Lipinski definition) is 2. The van der Waals surface area contributed by atoms with E-state index in [-0.39, 0.29) is 6.54 Å². The van der Waals surface area contributed by atoms with Gasteiger partial charge in [-0.1, -0.05) is 20.8 Å². The lowest BCUT2D eigenvalue weighted by atomic mass is 9.92. The third-order valence-electron chi connectivity index (χ3n) is 3.03. The van der Waals surface area contributed by atoms with Crippen LogP contribution in [-0.2, 0) is 14.4 Å². The summed E-state index contributed by atoms with van der Waals surface area (Å²) in [7, 11) is -0.0245. The molecule has 1 heterocycles. The predicted molar refractivity (Wildman–Crippen MR) is 72.0 cm³/mol. The Kier molecular flexibility index (Phi) is 5.18. The zero-order valence-electron chi connectivity index (χ0n) is 11.8. The van der Waals surface area contributed by atoms with Crippen LogP contribution in [0.4, 0.5) is 0 Å². The smallest absolute Gasteiger partial charge is 0.255 e. The molecule has 0 aromatic carbocycles. The number of carbonyl (C=O) groups is 3. The average Bonchev–Trinajstić information content (AvgIpc) is 2.33. The zero-order valence-corrected chi connectivity index (χ0v) is 12.7. The number of amides is 1. The largest absolute Gasteiger partial charge is 0.292 e. The van der Waals surface area contributed by atoms with E-state index in [1.807, 2.05) is 0 Å². The van der Waals surface area contributed by atoms with Gasteiger partial charge in [0.2, 0.25) is 11.3 Å². The quantitative estimate of drug-likeness (QED) is 0.460. The summed E-state index contributed by atoms with van der Waals surface area (Å²) >= 11 is 0. The van der Waals surface area contributed by atoms with Crippen LogP contribution in [0.1, 0.15) is 33.6 Å². The van der Waals surface area contributed by atoms with Crippen molar-refractivity contribution < 1.29 is 19.6 Å². The first-order valence-corrected chi connectivity index (χ1v) is 7.67. The lowest BCUT2D eigenvalue weighted by molar-refractivity contribution is -0.169. The second-order valence-corrected chi connectivity index (χ2v) is 7.81. The summed E-state index contributed by atoms with van der Waals surface area (Å²) in [5.74, 6) is -0.947. The van der Waals surface area contributed by atoms with Crippen molar-refractivity contribution in [2.75, 3.05) is 13.6 Å². The van der Waals surface area contributed by atoms with Crippen molar-refractivity contribution >= 4 is 25.3 Å². The molecule has 0 aromatic rings. The predicted octanol–water partition coefficient (Wildman–Crippen LogP) is 1.12. The Labute approximate surface area is 114 Å². The zero-order chi connectivity index (χ0) is 14.8. The highest BCUT2D eigenvalue weighted by Gasteiger charge is 2.42. The maximum Gasteiger partial charge on any atom is 0.255 e. The van der Waals surface area contributed by atoms with Crippen molar-refractivity contribution in [2.24, 2.45) is 5.41 Å². The van der Waals surface area contributed by atoms with Crippen LogP contribution in [0, 0.1) is 5.41 Å². The molecule has 7 heteroatoms. The van der Waals surface area contributed by atoms with Crippen molar-refractivity contribution in [1.82, 2.24) is 10.2 Å². The van der Waals surface area contributed by atoms with Gasteiger partial charge in [0.25, 0.3) is 5.91 Å². The van der Waals surface area contributed by atoms with Crippen LogP contribution in [0.3, 0.4) is 0 Å². The Bertz CT molecular complexity index is 392. The number of nitrogens with zero attached hydrogens (tertiary/aromatic N) is 1. The number of hydrogen-bond acceptors (Lipinski definition) is 5. The van der Waals surface area contributed by atoms with Crippen LogP contribution in [0.15, 0.2) is 0 Å². The molecule has 2 atom stereocenters. The molecule has 108 valence electrons. The van der Waals surface area contributed by atoms with Gasteiger partial charge in [0, 0.05) is 12.0 Å². The first-order chi connectivity index (χ1) is 8.70. The molecule has 1 rings (SSSR count). The number of rotatable bonds is 4. The van der Waals surface area contributed by atoms with Crippen LogP contribution in [0.25, 0.3) is 0 Å². The average molecular weight is 288 g/mol. The highest BCUT2D eigenvalue weighted by Crippen LogP contribution is 2.43. The third-order valence-corrected chi connectivity index (χ3v) is 5.26. The molecule has 0 radical (unpaired) electrons. The number of Topliss-reactive ketones (excluding diaryl/α,β-unsaturated/α-hetero) is 1. The maximum absolute atomic E-state index is 12.2. The van der Waals surface area contributed by atoms with E-state index in [1.165, 1.54) is 0 Å². The van der Waals surface area contributed by atoms with Gasteiger partial charge in [0.15, 0.2) is 0 Å². The molecule has 1 fully saturated rings. The van der Waals surface area contributed by atoms with Gasteiger partial charge in [-0.15, -0.1) is 0 Å². The van der Waals surface area contributed by atoms with Gasteiger partial charge in [-0.25, -0.2) is 5.06 Å². The Hall–Kier alpha value is -0.840. The van der Waals surface area contributed by atoms with Crippen molar-refractivity contribution in [3.8, 4) is 0 Å². The number of ketones is 1. The summed E-state index contributed by atoms with van der Waals surface area (Å²) in [6.07, 6.45) is 1.15. The maximum atomic E-state index is 12.2. The van der Waals surface area contributed by atoms with E-state index in [4.69, 9.17) is 0 Å². The molecule has 0 spiro atoms. The van der Waals surface area contributed by atoms with Gasteiger partial charge < -0.3 is 0 Å². The lowest BCUT2D eigenvalue weighted by Gasteiger charge is -2.32. The van der Waals surface area contributed by atoms with Gasteiger partial charge in [0.1, 0.15) is 0 Å². The second kappa shape index (κ2) is 6.07. The van der Waals surface area contributed by atoms with E-state index in [0.29, 0.717) is 17.9 Å². The molecule has 1 saturated heterocycles. The number of hydroxylamine groups is 2. The summed E-state index contributed by atoms with van der Waals surface area (Å²) in [6.45, 7) is 5.32. The second-order valence-electron chi connectivity index (χ2n) is 5.60. The summed E-state index contributed by atoms with van der Waals surface area (Å²) in [6, 6.07) is 0. The molecule has 1 aliphatic heterocycles. The van der Waals surface area contributed by atoms with E-state index in [0.717, 1.165) is 0 Å². The number of nitrogens with one attached hydrogen (secondary N) is 1. The minimum Gasteiger partial charge on any atom is -0.292 e. The molecular weight excluding hydrogens is 267 g/mol. The Morgan fingerprint density at radius 2 is 2.00 bits per heavy atom. The highest BCUT2D eigenvalue weighted by atomic mass is 31.1. The molecular formula is C12H21N2O4P. The Morgan fingerprint density at radius 1 is 1.42 bits per heavy atom. The molecule has 1 amide bonds. The summed E-state index contributed by atoms with van der Waals surface area (Å²) < 4.78 is 0. The van der Waals surface area contributed by atoms with Crippen molar-refractivity contribution in [3.05, 3.63) is 0 Å². The molecule has 19 heavy (non-hydrogen) atoms. The highest BCUT2D eigenvalue weighted by molar-refractivity contribution is 7.77. The molecule has 0 bridgehead atoms. The first-order valence-electron chi connectivity index (χ1n) is 6.25. The van der Waals surface area contributed by atoms with Crippen molar-refractivity contribution in [2.45, 2.75) is 39.3 Å². The van der Waals surface area contributed by atoms with Crippen LogP contribution in [-0.4, -0.2) is 46.7 Å². The van der Waals surface area contributed by atoms with Gasteiger partial charge in [-0.05, 0) is 19.9 Å². The van der Waals surface area contributed by atoms with Crippen LogP contribution < -0.4 is 5.09 Å². The van der Waals surface area contributed by atoms with E-state index in [1.54, 1.807) is 27.8 Å². The molecule has 0 aromatic heterocycles. The SMILES string of the molecule is CNP(C(=O)C(=O)C(C)(C)C)C1CCCN(O)C1=O. The standard InChI is InChI=1S/C12H21N2O4P/c1-12(2,3)9(15)11(17)19(13-4)8-6-5-7-14(18)10(8)16/h8,13,18H,5-7H2,1-4H3. The van der Waals surface area contributed by atoms with Crippen LogP contribution >= 0.6 is 8.07 Å². The molecule has 1 aliphatic rings. The van der Waals surface area contributed by atoms with Gasteiger partial charge in [-0.3, -0.25) is 24.7 Å². The van der Waals surface area contributed by atoms with Crippen molar-refractivity contribution in [1.29, 1.82) is 0 Å². The third kappa shape index (κ3) is 3.59. The van der Waals surface area contributed by atoms with E-state index in [9.17, 15) is 19.6 Å². The van der Waals surface area contributed by atoms with Crippen LogP contribution in [0.2, 0.25) is 0 Å². The molecule has 0 saturated carbocycles. The fourth-order valence-electron chi connectivity index (χ4n) is 1.91. The lowest BCUT2D eigenvalue weighted by Crippen LogP contribution is -2.44. The van der Waals surface area contributed by atoms with Gasteiger partial charge in [-0.2, -0.15) is 0 Å². The number of carbonyl (C=O) groups excluding carboxylic acids is 3. The van der Waals surface area contributed by atoms with E-state index in [2.05, 4.69) is 5.09 Å². The fraction of sp³-hybridized carbons (Fsp3) is 0.750. The van der Waals surface area contributed by atoms with Gasteiger partial charge in [0.05, 0.1) is 13.7 Å². The topological polar surface area (TPSA) is 86.7 Å². The Morgan fingerprint density at radius 3 is 2.47 bits per heavy atom. The van der Waals surface area contributed by atoms with Crippen molar-refractivity contribution in [3.63, 3.8) is 0 Å². The molecule has 2 N–H and O–H groups in total. The summed E-state index contributed by atoms with van der Waals surface area (Å²) in [5, 5.41) is 12.9. The number of piperidine rings is 1. The minimum atomic E-state index is -1.60. The van der Waals surface area contributed by atoms with E-state index < -0.39 is 36.4 Å². The summed E-state index contributed by atoms with van der Waals surface area (Å²) in [5.41, 5.74) is -1.90. The molecule has 0 aliphatic carbocycles. The first kappa shape index (κ1) is 16.2. The summed E-state index contributed by atoms with van der Waals surface area (Å²) in [4.78, 5) is 36.2. The monoisotopic (exact) mass is 288 g/mol. The minimum absolute atomic E-state index is 0.281. The molecule has 6 nitrogen and oxygen atoms in total. The van der Waals surface area contributed by atoms with Gasteiger partial charge >= 0.3 is 0 Å². The Balaban J connectivity index is 2.91. The normalized spacial score (nSPS) is 22.3.